The summed E-state index contributed by atoms with van der Waals surface area (Å²) in [5.74, 6) is 7.20. The Bertz CT molecular complexity index is 6630. The van der Waals surface area contributed by atoms with E-state index in [0.29, 0.717) is 143 Å². The molecule has 2 atom stereocenters. The Morgan fingerprint density at radius 2 is 0.667 bits per heavy atom. The molecule has 720 valence electrons. The van der Waals surface area contributed by atoms with Gasteiger partial charge in [0.1, 0.15) is 82.1 Å². The van der Waals surface area contributed by atoms with E-state index in [-0.39, 0.29) is 84.1 Å². The number of pyridine rings is 5. The molecule has 13 aromatic rings. The van der Waals surface area contributed by atoms with Crippen LogP contribution in [0.1, 0.15) is 177 Å². The zero-order chi connectivity index (χ0) is 99.0. The van der Waals surface area contributed by atoms with Crippen molar-refractivity contribution in [1.82, 2.24) is 84.0 Å². The lowest BCUT2D eigenvalue weighted by Gasteiger charge is -2.20. The zero-order valence-corrected chi connectivity index (χ0v) is 81.4. The lowest BCUT2D eigenvalue weighted by Crippen LogP contribution is -2.27. The Morgan fingerprint density at radius 1 is 0.362 bits per heavy atom. The number of hydrogen-bond donors (Lipinski definition) is 8. The number of anilines is 13. The van der Waals surface area contributed by atoms with E-state index in [1.54, 1.807) is 130 Å². The van der Waals surface area contributed by atoms with Gasteiger partial charge in [-0.25, -0.2) is 53.3 Å². The van der Waals surface area contributed by atoms with E-state index in [9.17, 15) is 32.4 Å². The summed E-state index contributed by atoms with van der Waals surface area (Å²) in [5, 5.41) is 36.7. The third-order valence-electron chi connectivity index (χ3n) is 23.0. The quantitative estimate of drug-likeness (QED) is 0.0174. The van der Waals surface area contributed by atoms with Gasteiger partial charge in [-0.3, -0.25) is 52.1 Å². The van der Waals surface area contributed by atoms with Gasteiger partial charge in [-0.2, -0.15) is 33.9 Å². The van der Waals surface area contributed by atoms with Crippen molar-refractivity contribution in [2.75, 3.05) is 69.8 Å². The smallest absolute Gasteiger partial charge is 0.228 e. The van der Waals surface area contributed by atoms with Gasteiger partial charge in [-0.1, -0.05) is 24.3 Å². The van der Waals surface area contributed by atoms with Crippen LogP contribution in [0.15, 0.2) is 165 Å². The number of rotatable bonds is 34. The van der Waals surface area contributed by atoms with E-state index in [2.05, 4.69) is 107 Å². The number of para-hydroxylation sites is 4. The number of benzene rings is 4. The minimum Gasteiger partial charge on any atom is -0.494 e. The number of nitrogens with one attached hydrogen (secondary N) is 8. The molecule has 0 bridgehead atoms. The predicted octanol–water partition coefficient (Wildman–Crippen LogP) is 17.6. The Morgan fingerprint density at radius 3 is 0.964 bits per heavy atom. The fourth-order valence-corrected chi connectivity index (χ4v) is 16.2. The normalized spacial score (nSPS) is 15.2. The molecule has 8 N–H and O–H groups in total. The Balaban J connectivity index is 0.000000142. The summed E-state index contributed by atoms with van der Waals surface area (Å²) < 4.78 is 87.2. The van der Waals surface area contributed by atoms with Crippen LogP contribution in [0.2, 0.25) is 0 Å². The van der Waals surface area contributed by atoms with Crippen molar-refractivity contribution in [3.05, 3.63) is 188 Å². The number of hydrogen-bond acceptors (Lipinski definition) is 30. The fourth-order valence-electron chi connectivity index (χ4n) is 14.9. The maximum Gasteiger partial charge on any atom is 0.228 e. The van der Waals surface area contributed by atoms with Gasteiger partial charge in [0, 0.05) is 111 Å². The second kappa shape index (κ2) is 42.9. The molecule has 6 aliphatic rings. The molecule has 9 heterocycles. The fraction of sp³-hybridized carbons (Fsp3) is 0.367. The molecule has 0 radical (unpaired) electrons. The third kappa shape index (κ3) is 24.3. The number of carbonyl (C=O) groups is 5. The van der Waals surface area contributed by atoms with Gasteiger partial charge in [0.25, 0.3) is 0 Å². The van der Waals surface area contributed by atoms with Crippen LogP contribution in [0.5, 0.6) is 28.7 Å². The highest BCUT2D eigenvalue weighted by atomic mass is 32.2. The van der Waals surface area contributed by atoms with Crippen molar-refractivity contribution >= 4 is 139 Å². The zero-order valence-electron chi connectivity index (χ0n) is 81.8. The maximum absolute atomic E-state index is 13.1. The van der Waals surface area contributed by atoms with Gasteiger partial charge in [0.05, 0.1) is 140 Å². The number of aromatic nitrogens is 17. The predicted molar refractivity (Wildman–Crippen MR) is 535 cm³/mol. The number of methoxy groups -OCH3 is 4. The minimum absolute atomic E-state index is 0. The summed E-state index contributed by atoms with van der Waals surface area (Å²) >= 11 is 0. The topological polar surface area (TPSA) is 449 Å². The number of aryl methyl sites for hydroxylation is 4. The highest BCUT2D eigenvalue weighted by Gasteiger charge is 2.38. The SMILES string of the molecule is COc1c(Nc2cc(NS(=O)C(C)(C)C)ncc2C(=O)C2CC2)cccc1-c1ncn(C)n1.COc1c(Nc2cc(N[S@@](=O)C(C)(C)C)ncc2C(=O)C2CC2)cccc1-c1ncn(C)n1.COc1c(Nc2cc(Nc3ccc(OC4CCCC4)cn3)ncc2C(=O)C2CC2)cccc1-c1ncn(C)n1.S.[2H]C([2H])([2H])n1cnc(-c2cccc(Nc3cc(NC(=O)C4CC4)ncc3C(=O)C3CC3)c2OC)n1. The Hall–Kier alpha value is -14.4. The van der Waals surface area contributed by atoms with Crippen LogP contribution in [0.4, 0.5) is 74.6 Å². The minimum atomic E-state index is -2.45. The maximum atomic E-state index is 13.1. The molecule has 1 amide bonds. The number of ether oxygens (including phenoxy) is 5. The molecule has 40 heteroatoms. The van der Waals surface area contributed by atoms with E-state index >= 15 is 0 Å². The standard InChI is InChI=1S/C29H31N7O3.2C23H28N6O3S.C23H24N6O3.H2S/c1-36-17-32-29(35-36)21-8-5-9-23(28(21)38-2)33-24-14-26(31-16-22(24)27(37)18-10-11-18)34-25-13-12-20(15-30-25)39-19-6-3-4-7-19;2*1-23(2,3)33(31)28-19-11-18(16(12-24-19)20(30)14-9-10-14)26-17-8-6-7-15(21(17)32-5)22-25-13-29(4)27-22;1-29-12-25-22(28-29)15-4-3-5-17(21(15)32-2)26-18-10-19(27-23(31)14-8-9-14)24-11-16(18)20(30)13-6-7-13;/h5,8-9,12-19H,3-4,6-7,10-11H2,1-2H3,(H2,30,31,33,34);2*6-8,11-14H,9-10H2,1-5H3,(H2,24,26,28);3-5,10-14H,6-9H2,1-2H3,(H2,24,26,27,31);1H2/t;33-;;;/m.0.../s1/i;;;1D3;. The highest BCUT2D eigenvalue weighted by molar-refractivity contribution is 7.88. The van der Waals surface area contributed by atoms with Crippen molar-refractivity contribution < 1.29 is 60.2 Å². The lowest BCUT2D eigenvalue weighted by atomic mass is 10.1. The van der Waals surface area contributed by atoms with Crippen LogP contribution in [-0.2, 0) is 54.9 Å². The monoisotopic (exact) mass is 1930 g/mol. The molecule has 0 spiro atoms. The van der Waals surface area contributed by atoms with Crippen LogP contribution < -0.4 is 65.0 Å². The second-order valence-electron chi connectivity index (χ2n) is 36.1. The molecule has 6 saturated carbocycles. The summed E-state index contributed by atoms with van der Waals surface area (Å²) in [6.45, 7) is 8.81. The molecule has 9 aromatic heterocycles. The number of nitrogens with zero attached hydrogens (tertiary/aromatic N) is 17. The van der Waals surface area contributed by atoms with Gasteiger partial charge in [0.15, 0.2) is 69.4 Å². The number of ketones is 4. The molecule has 19 rings (SSSR count). The molecule has 0 aliphatic heterocycles. The summed E-state index contributed by atoms with van der Waals surface area (Å²) in [4.78, 5) is 103. The van der Waals surface area contributed by atoms with Gasteiger partial charge < -0.3 is 55.6 Å². The van der Waals surface area contributed by atoms with Gasteiger partial charge >= 0.3 is 0 Å². The van der Waals surface area contributed by atoms with E-state index in [0.717, 1.165) is 110 Å². The average molecular weight is 1930 g/mol. The number of Topliss-reactive ketones (excluding diaryl/α,β-unsaturated/α-hetero) is 4. The molecule has 1 unspecified atom stereocenters. The van der Waals surface area contributed by atoms with E-state index in [4.69, 9.17) is 27.8 Å². The molecule has 138 heavy (non-hydrogen) atoms. The van der Waals surface area contributed by atoms with E-state index in [1.165, 1.54) is 26.1 Å². The molecule has 37 nitrogen and oxygen atoms in total. The van der Waals surface area contributed by atoms with Crippen molar-refractivity contribution in [3.63, 3.8) is 0 Å². The van der Waals surface area contributed by atoms with Gasteiger partial charge in [-0.05, 0) is 192 Å². The summed E-state index contributed by atoms with van der Waals surface area (Å²) in [6, 6.07) is 32.8. The molecule has 6 aliphatic carbocycles. The highest BCUT2D eigenvalue weighted by Crippen LogP contribution is 2.47. The first-order valence-electron chi connectivity index (χ1n) is 46.7. The van der Waals surface area contributed by atoms with Crippen LogP contribution in [-0.4, -0.2) is 165 Å². The van der Waals surface area contributed by atoms with Crippen molar-refractivity contribution in [2.45, 2.75) is 147 Å². The van der Waals surface area contributed by atoms with Crippen LogP contribution >= 0.6 is 13.5 Å². The second-order valence-corrected chi connectivity index (χ2v) is 40.0. The molecule has 0 saturated heterocycles. The van der Waals surface area contributed by atoms with Crippen LogP contribution in [0.25, 0.3) is 45.6 Å². The first-order chi connectivity index (χ1) is 67.1. The van der Waals surface area contributed by atoms with Crippen molar-refractivity contribution in [1.29, 1.82) is 0 Å². The molecule has 6 fully saturated rings. The molecular formula is C98H113N25O12S3. The van der Waals surface area contributed by atoms with Crippen molar-refractivity contribution in [3.8, 4) is 74.3 Å². The number of amides is 1. The van der Waals surface area contributed by atoms with Crippen molar-refractivity contribution in [2.24, 2.45) is 57.7 Å². The van der Waals surface area contributed by atoms with Crippen LogP contribution in [0.3, 0.4) is 0 Å². The van der Waals surface area contributed by atoms with E-state index in [1.807, 2.05) is 121 Å². The lowest BCUT2D eigenvalue weighted by molar-refractivity contribution is -0.117. The first kappa shape index (κ1) is 94.0. The number of carbonyl (C=O) groups excluding carboxylic acids is 5. The Labute approximate surface area is 815 Å². The first-order valence-corrected chi connectivity index (χ1v) is 47.5. The Kier molecular flexibility index (Phi) is 29.2. The largest absolute Gasteiger partial charge is 0.494 e. The average Bonchev–Trinajstić information content (AvgIpc) is 1.75. The third-order valence-corrected chi connectivity index (χ3v) is 26.0. The van der Waals surface area contributed by atoms with Crippen LogP contribution in [0, 0.1) is 29.6 Å². The van der Waals surface area contributed by atoms with Gasteiger partial charge in [-0.15, -0.1) is 0 Å². The summed E-state index contributed by atoms with van der Waals surface area (Å²) in [6.07, 6.45) is 27.6. The molecule has 4 aromatic carbocycles. The molecular weight excluding hydrogens is 1820 g/mol. The summed E-state index contributed by atoms with van der Waals surface area (Å²) in [7, 11) is 8.94. The van der Waals surface area contributed by atoms with E-state index < -0.39 is 38.4 Å². The van der Waals surface area contributed by atoms with Gasteiger partial charge in [0.2, 0.25) is 5.91 Å². The summed E-state index contributed by atoms with van der Waals surface area (Å²) in [5.41, 5.74) is 9.40.